The number of hydrogen-bond acceptors (Lipinski definition) is 3. The molecule has 0 amide bonds. The highest BCUT2D eigenvalue weighted by molar-refractivity contribution is 9.10. The van der Waals surface area contributed by atoms with Gasteiger partial charge in [-0.3, -0.25) is 0 Å². The minimum Gasteiger partial charge on any atom is -0.493 e. The zero-order chi connectivity index (χ0) is 19.4. The van der Waals surface area contributed by atoms with Crippen LogP contribution in [0.15, 0.2) is 47.2 Å². The topological polar surface area (TPSA) is 64.4 Å². The van der Waals surface area contributed by atoms with Gasteiger partial charge in [-0.25, -0.2) is 9.78 Å². The van der Waals surface area contributed by atoms with Crippen LogP contribution in [0, 0.1) is 5.92 Å². The molecule has 142 valence electrons. The number of benzene rings is 2. The van der Waals surface area contributed by atoms with Crippen molar-refractivity contribution < 1.29 is 14.6 Å². The fourth-order valence-corrected chi connectivity index (χ4v) is 3.46. The quantitative estimate of drug-likeness (QED) is 0.522. The molecule has 0 bridgehead atoms. The predicted octanol–water partition coefficient (Wildman–Crippen LogP) is 5.36. The van der Waals surface area contributed by atoms with E-state index in [1.807, 2.05) is 16.7 Å². The third-order valence-corrected chi connectivity index (χ3v) is 5.35. The second kappa shape index (κ2) is 8.57. The van der Waals surface area contributed by atoms with Crippen molar-refractivity contribution >= 4 is 32.9 Å². The second-order valence-electron chi connectivity index (χ2n) is 6.63. The molecule has 27 heavy (non-hydrogen) atoms. The van der Waals surface area contributed by atoms with Gasteiger partial charge >= 0.3 is 5.97 Å². The van der Waals surface area contributed by atoms with Crippen LogP contribution in [0.4, 0.5) is 0 Å². The van der Waals surface area contributed by atoms with Crippen molar-refractivity contribution in [3.05, 3.63) is 58.3 Å². The van der Waals surface area contributed by atoms with Crippen LogP contribution in [0.2, 0.25) is 0 Å². The van der Waals surface area contributed by atoms with Crippen LogP contribution in [-0.2, 0) is 6.54 Å². The molecular weight excluding hydrogens is 408 g/mol. The highest BCUT2D eigenvalue weighted by atomic mass is 79.9. The van der Waals surface area contributed by atoms with Gasteiger partial charge in [0.25, 0.3) is 0 Å². The van der Waals surface area contributed by atoms with Gasteiger partial charge in [0, 0.05) is 10.0 Å². The van der Waals surface area contributed by atoms with Crippen LogP contribution in [-0.4, -0.2) is 27.2 Å². The van der Waals surface area contributed by atoms with Gasteiger partial charge in [0.1, 0.15) is 5.75 Å². The van der Waals surface area contributed by atoms with E-state index in [0.717, 1.165) is 34.1 Å². The fourth-order valence-electron chi connectivity index (χ4n) is 3.05. The molecule has 0 spiro atoms. The van der Waals surface area contributed by atoms with Gasteiger partial charge in [-0.05, 0) is 42.3 Å². The molecule has 1 aromatic heterocycles. The van der Waals surface area contributed by atoms with Crippen LogP contribution in [0.5, 0.6) is 5.75 Å². The molecule has 0 aliphatic carbocycles. The van der Waals surface area contributed by atoms with E-state index in [2.05, 4.69) is 40.8 Å². The van der Waals surface area contributed by atoms with Crippen molar-refractivity contribution in [2.75, 3.05) is 6.61 Å². The number of rotatable bonds is 8. The monoisotopic (exact) mass is 430 g/mol. The molecule has 1 N–H and O–H groups in total. The number of carbonyl (C=O) groups is 1. The number of carboxylic acid groups (broad SMARTS) is 1. The Balaban J connectivity index is 1.87. The van der Waals surface area contributed by atoms with Crippen molar-refractivity contribution in [2.24, 2.45) is 5.92 Å². The first kappa shape index (κ1) is 19.4. The number of halogens is 1. The lowest BCUT2D eigenvalue weighted by atomic mass is 10.1. The minimum absolute atomic E-state index is 0.240. The lowest BCUT2D eigenvalue weighted by Gasteiger charge is -2.17. The number of ether oxygens (including phenoxy) is 1. The largest absolute Gasteiger partial charge is 0.493 e. The molecule has 1 heterocycles. The zero-order valence-corrected chi connectivity index (χ0v) is 17.1. The summed E-state index contributed by atoms with van der Waals surface area (Å²) >= 11 is 3.54. The Bertz CT molecular complexity index is 948. The molecule has 0 aliphatic rings. The third-order valence-electron chi connectivity index (χ3n) is 4.86. The van der Waals surface area contributed by atoms with Crippen LogP contribution in [0.1, 0.15) is 42.6 Å². The first-order valence-electron chi connectivity index (χ1n) is 9.11. The number of hydrogen-bond donors (Lipinski definition) is 1. The van der Waals surface area contributed by atoms with Crippen molar-refractivity contribution in [1.29, 1.82) is 0 Å². The summed E-state index contributed by atoms with van der Waals surface area (Å²) in [5.41, 5.74) is 2.86. The molecule has 2 aromatic carbocycles. The molecule has 3 aromatic rings. The van der Waals surface area contributed by atoms with Gasteiger partial charge in [0.05, 0.1) is 36.1 Å². The molecule has 0 unspecified atom stereocenters. The van der Waals surface area contributed by atoms with Crippen molar-refractivity contribution in [3.63, 3.8) is 0 Å². The van der Waals surface area contributed by atoms with Crippen LogP contribution >= 0.6 is 15.9 Å². The average molecular weight is 431 g/mol. The van der Waals surface area contributed by atoms with Crippen LogP contribution in [0.3, 0.4) is 0 Å². The maximum absolute atomic E-state index is 11.1. The molecule has 0 saturated heterocycles. The van der Waals surface area contributed by atoms with E-state index < -0.39 is 5.97 Å². The Hall–Kier alpha value is -2.34. The number of imidazole rings is 1. The van der Waals surface area contributed by atoms with Gasteiger partial charge in [-0.15, -0.1) is 0 Å². The van der Waals surface area contributed by atoms with E-state index >= 15 is 0 Å². The number of aromatic carboxylic acids is 1. The molecule has 0 radical (unpaired) electrons. The van der Waals surface area contributed by atoms with E-state index in [1.165, 1.54) is 0 Å². The smallest absolute Gasteiger partial charge is 0.335 e. The summed E-state index contributed by atoms with van der Waals surface area (Å²) in [4.78, 5) is 15.5. The van der Waals surface area contributed by atoms with Gasteiger partial charge in [-0.1, -0.05) is 42.6 Å². The zero-order valence-electron chi connectivity index (χ0n) is 15.5. The predicted molar refractivity (Wildman–Crippen MR) is 110 cm³/mol. The van der Waals surface area contributed by atoms with E-state index in [-0.39, 0.29) is 5.56 Å². The first-order chi connectivity index (χ1) is 13.0. The summed E-state index contributed by atoms with van der Waals surface area (Å²) in [6.07, 6.45) is 3.93. The van der Waals surface area contributed by atoms with E-state index in [1.54, 1.807) is 24.5 Å². The minimum atomic E-state index is -0.949. The first-order valence-corrected chi connectivity index (χ1v) is 9.90. The molecule has 0 atom stereocenters. The van der Waals surface area contributed by atoms with E-state index in [4.69, 9.17) is 9.84 Å². The molecular formula is C21H23BrN2O3. The summed E-state index contributed by atoms with van der Waals surface area (Å²) in [6, 6.07) is 11.0. The molecule has 3 rings (SSSR count). The lowest BCUT2D eigenvalue weighted by Crippen LogP contribution is -2.11. The molecule has 0 fully saturated rings. The van der Waals surface area contributed by atoms with Crippen molar-refractivity contribution in [3.8, 4) is 5.75 Å². The molecule has 0 saturated carbocycles. The summed E-state index contributed by atoms with van der Waals surface area (Å²) in [7, 11) is 0. The summed E-state index contributed by atoms with van der Waals surface area (Å²) in [6.45, 7) is 5.67. The van der Waals surface area contributed by atoms with Crippen LogP contribution in [0.25, 0.3) is 11.0 Å². The van der Waals surface area contributed by atoms with Crippen LogP contribution < -0.4 is 4.74 Å². The van der Waals surface area contributed by atoms with Crippen molar-refractivity contribution in [1.82, 2.24) is 9.55 Å². The number of fused-ring (bicyclic) bond motifs is 1. The SMILES string of the molecule is CCC(CC)COc1ccc(Br)cc1Cn1cnc2cc(C(=O)O)ccc21. The van der Waals surface area contributed by atoms with Gasteiger partial charge in [0.15, 0.2) is 0 Å². The second-order valence-corrected chi connectivity index (χ2v) is 7.54. The number of aromatic nitrogens is 2. The highest BCUT2D eigenvalue weighted by Crippen LogP contribution is 2.27. The Morgan fingerprint density at radius 3 is 2.70 bits per heavy atom. The Morgan fingerprint density at radius 1 is 1.22 bits per heavy atom. The van der Waals surface area contributed by atoms with E-state index in [0.29, 0.717) is 24.6 Å². The van der Waals surface area contributed by atoms with Crippen molar-refractivity contribution in [2.45, 2.75) is 33.2 Å². The third kappa shape index (κ3) is 4.50. The average Bonchev–Trinajstić information content (AvgIpc) is 3.06. The van der Waals surface area contributed by atoms with E-state index in [9.17, 15) is 4.79 Å². The van der Waals surface area contributed by atoms with Gasteiger partial charge < -0.3 is 14.4 Å². The normalized spacial score (nSPS) is 11.3. The standard InChI is InChI=1S/C21H23BrN2O3/c1-3-14(4-2)12-27-20-8-6-17(22)9-16(20)11-24-13-23-18-10-15(21(25)26)5-7-19(18)24/h5-10,13-14H,3-4,11-12H2,1-2H3,(H,25,26). The summed E-state index contributed by atoms with van der Waals surface area (Å²) < 4.78 is 9.11. The Labute approximate surface area is 167 Å². The molecule has 6 heteroatoms. The maximum atomic E-state index is 11.1. The molecule has 0 aliphatic heterocycles. The maximum Gasteiger partial charge on any atom is 0.335 e. The highest BCUT2D eigenvalue weighted by Gasteiger charge is 2.12. The lowest BCUT2D eigenvalue weighted by molar-refractivity contribution is 0.0697. The van der Waals surface area contributed by atoms with Gasteiger partial charge in [0.2, 0.25) is 0 Å². The Morgan fingerprint density at radius 2 is 2.00 bits per heavy atom. The Kier molecular flexibility index (Phi) is 6.16. The van der Waals surface area contributed by atoms with Gasteiger partial charge in [-0.2, -0.15) is 0 Å². The number of nitrogens with zero attached hydrogens (tertiary/aromatic N) is 2. The number of carboxylic acids is 1. The molecule has 5 nitrogen and oxygen atoms in total. The summed E-state index contributed by atoms with van der Waals surface area (Å²) in [5.74, 6) is 0.467. The fraction of sp³-hybridized carbons (Fsp3) is 0.333. The summed E-state index contributed by atoms with van der Waals surface area (Å²) in [5, 5.41) is 9.14.